The van der Waals surface area contributed by atoms with Crippen molar-refractivity contribution in [2.45, 2.75) is 13.3 Å². The monoisotopic (exact) mass is 201 g/mol. The third-order valence-electron chi connectivity index (χ3n) is 1.91. The Morgan fingerprint density at radius 3 is 2.93 bits per heavy atom. The number of hydrogen-bond donors (Lipinski definition) is 2. The Morgan fingerprint density at radius 2 is 2.33 bits per heavy atom. The van der Waals surface area contributed by atoms with E-state index in [0.717, 1.165) is 5.56 Å². The van der Waals surface area contributed by atoms with Crippen LogP contribution in [0.15, 0.2) is 18.2 Å². The van der Waals surface area contributed by atoms with Gasteiger partial charge in [-0.05, 0) is 24.6 Å². The van der Waals surface area contributed by atoms with Crippen molar-refractivity contribution in [2.24, 2.45) is 0 Å². The van der Waals surface area contributed by atoms with Gasteiger partial charge in [-0.3, -0.25) is 0 Å². The van der Waals surface area contributed by atoms with Crippen LogP contribution >= 0.6 is 0 Å². The lowest BCUT2D eigenvalue weighted by molar-refractivity contribution is 0.0697. The van der Waals surface area contributed by atoms with Gasteiger partial charge in [0.25, 0.3) is 0 Å². The predicted molar refractivity (Wildman–Crippen MR) is 58.4 cm³/mol. The molecule has 1 rings (SSSR count). The maximum absolute atomic E-state index is 10.7. The minimum absolute atomic E-state index is 0.236. The molecule has 0 fully saturated rings. The highest BCUT2D eigenvalue weighted by Gasteiger charge is 2.03. The summed E-state index contributed by atoms with van der Waals surface area (Å²) in [6, 6.07) is 4.84. The van der Waals surface area contributed by atoms with Gasteiger partial charge >= 0.3 is 5.97 Å². The molecule has 0 aromatic heterocycles. The van der Waals surface area contributed by atoms with Gasteiger partial charge in [0.05, 0.1) is 5.56 Å². The van der Waals surface area contributed by atoms with Crippen molar-refractivity contribution >= 4 is 12.2 Å². The quantitative estimate of drug-likeness (QED) is 0.568. The van der Waals surface area contributed by atoms with Crippen LogP contribution < -0.4 is 0 Å². The van der Waals surface area contributed by atoms with Gasteiger partial charge in [0.2, 0.25) is 0 Å². The Bertz CT molecular complexity index is 452. The number of nitrogens with one attached hydrogen (secondary N) is 1. The average Bonchev–Trinajstić information content (AvgIpc) is 2.20. The van der Waals surface area contributed by atoms with Crippen LogP contribution in [0.1, 0.15) is 27.9 Å². The Morgan fingerprint density at radius 1 is 1.60 bits per heavy atom. The first-order valence-electron chi connectivity index (χ1n) is 4.47. The fraction of sp³-hybridized carbons (Fsp3) is 0.167. The number of aromatic carboxylic acids is 1. The molecule has 2 N–H and O–H groups in total. The summed E-state index contributed by atoms with van der Waals surface area (Å²) < 4.78 is 0. The van der Waals surface area contributed by atoms with Crippen molar-refractivity contribution in [3.8, 4) is 11.8 Å². The number of carboxylic acid groups (broad SMARTS) is 1. The van der Waals surface area contributed by atoms with Gasteiger partial charge in [-0.1, -0.05) is 17.9 Å². The van der Waals surface area contributed by atoms with Crippen molar-refractivity contribution in [3.63, 3.8) is 0 Å². The molecule has 0 unspecified atom stereocenters. The second-order valence-electron chi connectivity index (χ2n) is 3.04. The van der Waals surface area contributed by atoms with Crippen LogP contribution in [0.25, 0.3) is 0 Å². The molecule has 0 aliphatic rings. The summed E-state index contributed by atoms with van der Waals surface area (Å²) in [7, 11) is 0. The third-order valence-corrected chi connectivity index (χ3v) is 1.91. The smallest absolute Gasteiger partial charge is 0.335 e. The Labute approximate surface area is 88.3 Å². The molecule has 0 atom stereocenters. The lowest BCUT2D eigenvalue weighted by Gasteiger charge is -1.99. The van der Waals surface area contributed by atoms with E-state index in [1.165, 1.54) is 6.21 Å². The number of aryl methyl sites for hydroxylation is 1. The Hall–Kier alpha value is -2.08. The van der Waals surface area contributed by atoms with Gasteiger partial charge in [0.15, 0.2) is 0 Å². The molecule has 0 saturated heterocycles. The van der Waals surface area contributed by atoms with Gasteiger partial charge < -0.3 is 10.5 Å². The van der Waals surface area contributed by atoms with Crippen molar-refractivity contribution in [2.75, 3.05) is 0 Å². The molecule has 3 nitrogen and oxygen atoms in total. The summed E-state index contributed by atoms with van der Waals surface area (Å²) in [6.45, 7) is 1.88. The highest BCUT2D eigenvalue weighted by atomic mass is 16.4. The van der Waals surface area contributed by atoms with Gasteiger partial charge in [-0.15, -0.1) is 0 Å². The number of benzene rings is 1. The number of carbonyl (C=O) groups is 1. The molecule has 3 heteroatoms. The molecule has 0 heterocycles. The van der Waals surface area contributed by atoms with Gasteiger partial charge in [-0.2, -0.15) is 0 Å². The second kappa shape index (κ2) is 4.97. The molecule has 0 saturated carbocycles. The molecule has 0 spiro atoms. The summed E-state index contributed by atoms with van der Waals surface area (Å²) >= 11 is 0. The summed E-state index contributed by atoms with van der Waals surface area (Å²) in [5.74, 6) is 4.66. The van der Waals surface area contributed by atoms with Gasteiger partial charge in [-0.25, -0.2) is 4.79 Å². The molecule has 1 aromatic carbocycles. The zero-order chi connectivity index (χ0) is 11.3. The van der Waals surface area contributed by atoms with Crippen LogP contribution in [-0.4, -0.2) is 17.3 Å². The van der Waals surface area contributed by atoms with Gasteiger partial charge in [0, 0.05) is 18.2 Å². The first kappa shape index (κ1) is 11.0. The van der Waals surface area contributed by atoms with Crippen LogP contribution in [0.2, 0.25) is 0 Å². The number of rotatable bonds is 2. The van der Waals surface area contributed by atoms with Crippen molar-refractivity contribution < 1.29 is 9.90 Å². The van der Waals surface area contributed by atoms with E-state index in [1.54, 1.807) is 18.2 Å². The highest BCUT2D eigenvalue weighted by molar-refractivity contribution is 5.88. The van der Waals surface area contributed by atoms with Crippen molar-refractivity contribution in [3.05, 3.63) is 34.9 Å². The normalized spacial score (nSPS) is 8.87. The minimum atomic E-state index is -0.954. The number of carboxylic acids is 1. The zero-order valence-electron chi connectivity index (χ0n) is 8.37. The standard InChI is InChI=1S/C12H11NO2/c1-9-5-6-11(12(14)15)8-10(9)4-2-3-7-13/h5-8,13H,3H2,1H3,(H,14,15). The molecule has 1 aromatic rings. The van der Waals surface area contributed by atoms with Crippen LogP contribution in [0.3, 0.4) is 0 Å². The molecule has 0 amide bonds. The van der Waals surface area contributed by atoms with Gasteiger partial charge in [0.1, 0.15) is 0 Å². The fourth-order valence-electron chi connectivity index (χ4n) is 1.09. The van der Waals surface area contributed by atoms with E-state index >= 15 is 0 Å². The van der Waals surface area contributed by atoms with E-state index in [9.17, 15) is 4.79 Å². The lowest BCUT2D eigenvalue weighted by Crippen LogP contribution is -1.97. The third kappa shape index (κ3) is 2.96. The average molecular weight is 201 g/mol. The summed E-state index contributed by atoms with van der Waals surface area (Å²) in [4.78, 5) is 10.7. The van der Waals surface area contributed by atoms with E-state index in [4.69, 9.17) is 10.5 Å². The fourth-order valence-corrected chi connectivity index (χ4v) is 1.09. The Kier molecular flexibility index (Phi) is 3.64. The predicted octanol–water partition coefficient (Wildman–Crippen LogP) is 2.08. The molecule has 0 aliphatic heterocycles. The highest BCUT2D eigenvalue weighted by Crippen LogP contribution is 2.10. The van der Waals surface area contributed by atoms with E-state index in [0.29, 0.717) is 12.0 Å². The maximum Gasteiger partial charge on any atom is 0.335 e. The number of hydrogen-bond acceptors (Lipinski definition) is 2. The zero-order valence-corrected chi connectivity index (χ0v) is 8.37. The molecule has 15 heavy (non-hydrogen) atoms. The largest absolute Gasteiger partial charge is 0.478 e. The SMILES string of the molecule is Cc1ccc(C(=O)O)cc1C#CCC=N. The lowest BCUT2D eigenvalue weighted by atomic mass is 10.1. The second-order valence-corrected chi connectivity index (χ2v) is 3.04. The van der Waals surface area contributed by atoms with E-state index < -0.39 is 5.97 Å². The maximum atomic E-state index is 10.7. The summed E-state index contributed by atoms with van der Waals surface area (Å²) in [5, 5.41) is 15.6. The van der Waals surface area contributed by atoms with E-state index in [2.05, 4.69) is 11.8 Å². The van der Waals surface area contributed by atoms with Crippen LogP contribution in [-0.2, 0) is 0 Å². The molecule has 76 valence electrons. The summed E-state index contributed by atoms with van der Waals surface area (Å²) in [6.07, 6.45) is 1.60. The van der Waals surface area contributed by atoms with E-state index in [1.807, 2.05) is 6.92 Å². The van der Waals surface area contributed by atoms with Crippen LogP contribution in [0, 0.1) is 24.2 Å². The van der Waals surface area contributed by atoms with Crippen molar-refractivity contribution in [1.82, 2.24) is 0 Å². The first-order valence-corrected chi connectivity index (χ1v) is 4.47. The van der Waals surface area contributed by atoms with Crippen LogP contribution in [0.5, 0.6) is 0 Å². The molecule has 0 aliphatic carbocycles. The topological polar surface area (TPSA) is 61.1 Å². The first-order chi connectivity index (χ1) is 7.15. The van der Waals surface area contributed by atoms with Crippen molar-refractivity contribution in [1.29, 1.82) is 5.41 Å². The molecule has 0 radical (unpaired) electrons. The molecular formula is C12H11NO2. The van der Waals surface area contributed by atoms with E-state index in [-0.39, 0.29) is 5.56 Å². The molecule has 0 bridgehead atoms. The summed E-state index contributed by atoms with van der Waals surface area (Å²) in [5.41, 5.74) is 1.88. The minimum Gasteiger partial charge on any atom is -0.478 e. The van der Waals surface area contributed by atoms with Crippen LogP contribution in [0.4, 0.5) is 0 Å². The molecular weight excluding hydrogens is 190 g/mol. The Balaban J connectivity index is 3.07.